The number of hydrogen-bond donors (Lipinski definition) is 2. The average Bonchev–Trinajstić information content (AvgIpc) is 3.12. The maximum atomic E-state index is 13.1. The summed E-state index contributed by atoms with van der Waals surface area (Å²) in [6, 6.07) is 13.8. The maximum Gasteiger partial charge on any atom is 0.336 e. The Kier molecular flexibility index (Phi) is 6.06. The molecule has 0 spiro atoms. The fourth-order valence-electron chi connectivity index (χ4n) is 3.88. The van der Waals surface area contributed by atoms with E-state index in [1.165, 1.54) is 0 Å². The first kappa shape index (κ1) is 21.1. The van der Waals surface area contributed by atoms with Gasteiger partial charge in [-0.25, -0.2) is 14.5 Å². The molecule has 0 bridgehead atoms. The molecule has 0 unspecified atom stereocenters. The van der Waals surface area contributed by atoms with Crippen LogP contribution in [0.4, 0.5) is 0 Å². The standard InChI is InChI=1S/C23H23ClN4O3/c1-15-20(22(29)26-27-13-5-2-6-14-27)25-28(17-11-9-16(24)10-12-17)21(15)18-7-3-4-8-19(18)23(30)31/h3-4,7-12H,2,5-6,13-14H2,1H3,(H,26,29)(H,30,31). The molecule has 0 saturated carbocycles. The number of rotatable bonds is 5. The second kappa shape index (κ2) is 8.91. The first-order valence-corrected chi connectivity index (χ1v) is 10.6. The molecule has 1 fully saturated rings. The molecule has 31 heavy (non-hydrogen) atoms. The Bertz CT molecular complexity index is 1120. The first-order chi connectivity index (χ1) is 15.0. The third-order valence-electron chi connectivity index (χ3n) is 5.44. The van der Waals surface area contributed by atoms with Gasteiger partial charge >= 0.3 is 5.97 Å². The number of nitrogens with one attached hydrogen (secondary N) is 1. The summed E-state index contributed by atoms with van der Waals surface area (Å²) < 4.78 is 1.61. The summed E-state index contributed by atoms with van der Waals surface area (Å²) in [5, 5.41) is 16.8. The zero-order valence-corrected chi connectivity index (χ0v) is 17.9. The summed E-state index contributed by atoms with van der Waals surface area (Å²) in [5.74, 6) is -1.35. The number of halogens is 1. The molecule has 1 aliphatic rings. The first-order valence-electron chi connectivity index (χ1n) is 10.2. The summed E-state index contributed by atoms with van der Waals surface area (Å²) in [7, 11) is 0. The van der Waals surface area contributed by atoms with E-state index < -0.39 is 5.97 Å². The van der Waals surface area contributed by atoms with Gasteiger partial charge in [-0.15, -0.1) is 0 Å². The highest BCUT2D eigenvalue weighted by Crippen LogP contribution is 2.32. The van der Waals surface area contributed by atoms with E-state index in [1.54, 1.807) is 60.1 Å². The number of aromatic nitrogens is 2. The van der Waals surface area contributed by atoms with Gasteiger partial charge in [0.2, 0.25) is 0 Å². The zero-order chi connectivity index (χ0) is 22.0. The van der Waals surface area contributed by atoms with Gasteiger partial charge < -0.3 is 5.11 Å². The number of carboxylic acid groups (broad SMARTS) is 1. The molecular weight excluding hydrogens is 416 g/mol. The van der Waals surface area contributed by atoms with Crippen molar-refractivity contribution < 1.29 is 14.7 Å². The van der Waals surface area contributed by atoms with Crippen LogP contribution in [0, 0.1) is 6.92 Å². The molecule has 1 saturated heterocycles. The molecular formula is C23H23ClN4O3. The Labute approximate surface area is 185 Å². The van der Waals surface area contributed by atoms with Gasteiger partial charge in [0.05, 0.1) is 16.9 Å². The quantitative estimate of drug-likeness (QED) is 0.619. The van der Waals surface area contributed by atoms with Crippen molar-refractivity contribution in [1.29, 1.82) is 0 Å². The number of nitrogens with zero attached hydrogens (tertiary/aromatic N) is 3. The maximum absolute atomic E-state index is 13.1. The average molecular weight is 439 g/mol. The lowest BCUT2D eigenvalue weighted by Crippen LogP contribution is -2.45. The fourth-order valence-corrected chi connectivity index (χ4v) is 4.00. The van der Waals surface area contributed by atoms with Gasteiger partial charge in [0, 0.05) is 29.2 Å². The van der Waals surface area contributed by atoms with Crippen LogP contribution in [0.3, 0.4) is 0 Å². The summed E-state index contributed by atoms with van der Waals surface area (Å²) in [5.41, 5.74) is 5.69. The minimum atomic E-state index is -1.04. The SMILES string of the molecule is Cc1c(C(=O)NN2CCCCC2)nn(-c2ccc(Cl)cc2)c1-c1ccccc1C(=O)O. The lowest BCUT2D eigenvalue weighted by molar-refractivity contribution is 0.0696. The highest BCUT2D eigenvalue weighted by molar-refractivity contribution is 6.30. The Balaban J connectivity index is 1.83. The van der Waals surface area contributed by atoms with E-state index in [-0.39, 0.29) is 17.2 Å². The highest BCUT2D eigenvalue weighted by Gasteiger charge is 2.26. The molecule has 2 N–H and O–H groups in total. The van der Waals surface area contributed by atoms with Crippen LogP contribution in [-0.2, 0) is 0 Å². The minimum absolute atomic E-state index is 0.142. The molecule has 4 rings (SSSR count). The molecule has 0 atom stereocenters. The predicted molar refractivity (Wildman–Crippen MR) is 119 cm³/mol. The number of piperidine rings is 1. The van der Waals surface area contributed by atoms with Crippen molar-refractivity contribution in [2.45, 2.75) is 26.2 Å². The number of hydrazine groups is 1. The van der Waals surface area contributed by atoms with Crippen LogP contribution in [0.15, 0.2) is 48.5 Å². The lowest BCUT2D eigenvalue weighted by atomic mass is 10.0. The Morgan fingerprint density at radius 1 is 1.03 bits per heavy atom. The third-order valence-corrected chi connectivity index (χ3v) is 5.69. The molecule has 160 valence electrons. The molecule has 7 nitrogen and oxygen atoms in total. The largest absolute Gasteiger partial charge is 0.478 e. The van der Waals surface area contributed by atoms with E-state index in [9.17, 15) is 14.7 Å². The summed E-state index contributed by atoms with van der Waals surface area (Å²) in [4.78, 5) is 24.9. The van der Waals surface area contributed by atoms with Gasteiger partial charge in [-0.2, -0.15) is 5.10 Å². The summed E-state index contributed by atoms with van der Waals surface area (Å²) in [6.07, 6.45) is 3.23. The van der Waals surface area contributed by atoms with Gasteiger partial charge in [0.1, 0.15) is 0 Å². The van der Waals surface area contributed by atoms with Gasteiger partial charge in [-0.1, -0.05) is 36.2 Å². The van der Waals surface area contributed by atoms with Crippen LogP contribution in [-0.4, -0.2) is 44.9 Å². The van der Waals surface area contributed by atoms with Crippen LogP contribution in [0.2, 0.25) is 5.02 Å². The summed E-state index contributed by atoms with van der Waals surface area (Å²) in [6.45, 7) is 3.40. The van der Waals surface area contributed by atoms with Crippen LogP contribution in [0.1, 0.15) is 45.7 Å². The van der Waals surface area contributed by atoms with Gasteiger partial charge in [-0.3, -0.25) is 10.2 Å². The lowest BCUT2D eigenvalue weighted by Gasteiger charge is -2.26. The van der Waals surface area contributed by atoms with Crippen molar-refractivity contribution in [3.05, 3.63) is 70.4 Å². The Morgan fingerprint density at radius 2 is 1.71 bits per heavy atom. The second-order valence-electron chi connectivity index (χ2n) is 7.55. The number of carbonyl (C=O) groups is 2. The molecule has 3 aromatic rings. The minimum Gasteiger partial charge on any atom is -0.478 e. The molecule has 1 aromatic heterocycles. The van der Waals surface area contributed by atoms with Crippen molar-refractivity contribution in [2.24, 2.45) is 0 Å². The van der Waals surface area contributed by atoms with Crippen molar-refractivity contribution in [2.75, 3.05) is 13.1 Å². The number of aromatic carboxylic acids is 1. The Morgan fingerprint density at radius 3 is 2.39 bits per heavy atom. The van der Waals surface area contributed by atoms with Crippen LogP contribution in [0.25, 0.3) is 16.9 Å². The second-order valence-corrected chi connectivity index (χ2v) is 7.99. The summed E-state index contributed by atoms with van der Waals surface area (Å²) >= 11 is 6.04. The van der Waals surface area contributed by atoms with E-state index in [0.717, 1.165) is 32.4 Å². The third kappa shape index (κ3) is 4.33. The molecule has 2 aromatic carbocycles. The van der Waals surface area contributed by atoms with Crippen molar-refractivity contribution in [3.8, 4) is 16.9 Å². The van der Waals surface area contributed by atoms with Crippen LogP contribution >= 0.6 is 11.6 Å². The van der Waals surface area contributed by atoms with E-state index in [1.807, 2.05) is 5.01 Å². The number of amides is 1. The monoisotopic (exact) mass is 438 g/mol. The number of hydrogen-bond acceptors (Lipinski definition) is 4. The van der Waals surface area contributed by atoms with Crippen molar-refractivity contribution in [1.82, 2.24) is 20.2 Å². The van der Waals surface area contributed by atoms with Crippen molar-refractivity contribution in [3.63, 3.8) is 0 Å². The number of benzene rings is 2. The molecule has 0 aliphatic carbocycles. The number of carboxylic acids is 1. The molecule has 0 radical (unpaired) electrons. The fraction of sp³-hybridized carbons (Fsp3) is 0.261. The van der Waals surface area contributed by atoms with Gasteiger partial charge in [0.25, 0.3) is 5.91 Å². The molecule has 1 amide bonds. The van der Waals surface area contributed by atoms with E-state index in [0.29, 0.717) is 27.5 Å². The smallest absolute Gasteiger partial charge is 0.336 e. The van der Waals surface area contributed by atoms with Crippen molar-refractivity contribution >= 4 is 23.5 Å². The molecule has 2 heterocycles. The highest BCUT2D eigenvalue weighted by atomic mass is 35.5. The molecule has 1 aliphatic heterocycles. The Hall–Kier alpha value is -3.16. The predicted octanol–water partition coefficient (Wildman–Crippen LogP) is 4.33. The number of carbonyl (C=O) groups excluding carboxylic acids is 1. The van der Waals surface area contributed by atoms with Gasteiger partial charge in [-0.05, 0) is 50.1 Å². The van der Waals surface area contributed by atoms with E-state index in [2.05, 4.69) is 10.5 Å². The normalized spacial score (nSPS) is 14.4. The zero-order valence-electron chi connectivity index (χ0n) is 17.1. The van der Waals surface area contributed by atoms with E-state index >= 15 is 0 Å². The van der Waals surface area contributed by atoms with Crippen LogP contribution < -0.4 is 5.43 Å². The topological polar surface area (TPSA) is 87.5 Å². The van der Waals surface area contributed by atoms with Gasteiger partial charge in [0.15, 0.2) is 5.69 Å². The van der Waals surface area contributed by atoms with E-state index in [4.69, 9.17) is 11.6 Å². The van der Waals surface area contributed by atoms with Crippen LogP contribution in [0.5, 0.6) is 0 Å². The molecule has 8 heteroatoms.